The van der Waals surface area contributed by atoms with Gasteiger partial charge in [0.05, 0.1) is 19.3 Å². The van der Waals surface area contributed by atoms with E-state index in [4.69, 9.17) is 27.9 Å². The molecule has 0 unspecified atom stereocenters. The quantitative estimate of drug-likeness (QED) is 0.482. The van der Waals surface area contributed by atoms with Crippen LogP contribution in [0.3, 0.4) is 0 Å². The number of halogens is 3. The Balaban J connectivity index is 0.00000280. The molecule has 1 N–H and O–H groups in total. The molecule has 0 aliphatic heterocycles. The first kappa shape index (κ1) is 22.6. The van der Waals surface area contributed by atoms with Crippen molar-refractivity contribution in [3.8, 4) is 5.75 Å². The van der Waals surface area contributed by atoms with Gasteiger partial charge in [-0.25, -0.2) is 4.68 Å². The first-order valence-corrected chi connectivity index (χ1v) is 9.62. The minimum absolute atomic E-state index is 0. The zero-order valence-corrected chi connectivity index (χ0v) is 18.2. The van der Waals surface area contributed by atoms with E-state index in [-0.39, 0.29) is 12.4 Å². The van der Waals surface area contributed by atoms with Crippen LogP contribution in [0.5, 0.6) is 5.75 Å². The molecule has 0 aliphatic carbocycles. The molecule has 0 fully saturated rings. The van der Waals surface area contributed by atoms with Gasteiger partial charge in [0.25, 0.3) is 0 Å². The minimum atomic E-state index is 0. The van der Waals surface area contributed by atoms with Crippen molar-refractivity contribution >= 4 is 35.6 Å². The van der Waals surface area contributed by atoms with Gasteiger partial charge in [-0.1, -0.05) is 47.5 Å². The molecule has 0 aliphatic rings. The molecule has 150 valence electrons. The summed E-state index contributed by atoms with van der Waals surface area (Å²) in [6, 6.07) is 15.9. The van der Waals surface area contributed by atoms with Gasteiger partial charge in [-0.2, -0.15) is 5.10 Å². The van der Waals surface area contributed by atoms with Crippen molar-refractivity contribution in [3.05, 3.63) is 81.1 Å². The number of hydrogen-bond donors (Lipinski definition) is 1. The van der Waals surface area contributed by atoms with Gasteiger partial charge < -0.3 is 10.1 Å². The zero-order valence-electron chi connectivity index (χ0n) is 15.9. The van der Waals surface area contributed by atoms with Crippen LogP contribution in [0.25, 0.3) is 0 Å². The lowest BCUT2D eigenvalue weighted by Crippen LogP contribution is -2.17. The molecule has 3 rings (SSSR count). The summed E-state index contributed by atoms with van der Waals surface area (Å²) in [5, 5.41) is 9.48. The Morgan fingerprint density at radius 1 is 1.07 bits per heavy atom. The van der Waals surface area contributed by atoms with Gasteiger partial charge in [-0.3, -0.25) is 0 Å². The average molecular weight is 441 g/mol. The third kappa shape index (κ3) is 5.89. The molecule has 3 aromatic rings. The highest BCUT2D eigenvalue weighted by Crippen LogP contribution is 2.22. The van der Waals surface area contributed by atoms with E-state index in [2.05, 4.69) is 22.5 Å². The number of aryl methyl sites for hydroxylation is 1. The number of aromatic nitrogens is 2. The molecule has 0 radical (unpaired) electrons. The van der Waals surface area contributed by atoms with Gasteiger partial charge in [-0.15, -0.1) is 12.4 Å². The molecule has 0 bridgehead atoms. The summed E-state index contributed by atoms with van der Waals surface area (Å²) < 4.78 is 7.12. The number of benzene rings is 2. The minimum Gasteiger partial charge on any atom is -0.497 e. The number of nitrogens with one attached hydrogen (secondary N) is 1. The highest BCUT2D eigenvalue weighted by Gasteiger charge is 2.13. The molecule has 28 heavy (non-hydrogen) atoms. The fourth-order valence-electron chi connectivity index (χ4n) is 2.94. The van der Waals surface area contributed by atoms with E-state index < -0.39 is 0 Å². The smallest absolute Gasteiger partial charge is 0.132 e. The summed E-state index contributed by atoms with van der Waals surface area (Å²) in [5.74, 6) is 0.830. The van der Waals surface area contributed by atoms with Gasteiger partial charge >= 0.3 is 0 Å². The van der Waals surface area contributed by atoms with Crippen LogP contribution in [-0.2, 0) is 19.5 Å². The predicted molar refractivity (Wildman–Crippen MR) is 118 cm³/mol. The second-order valence-corrected chi connectivity index (χ2v) is 7.21. The van der Waals surface area contributed by atoms with Crippen LogP contribution in [0.2, 0.25) is 10.2 Å². The zero-order chi connectivity index (χ0) is 19.2. The van der Waals surface area contributed by atoms with E-state index in [0.29, 0.717) is 18.2 Å². The standard InChI is InChI=1S/C21H23Cl2N3O.ClH/c1-15-20(13-24-11-10-16-6-8-18(22)9-7-16)21(23)26(25-15)14-17-4-3-5-19(12-17)27-2;/h3-9,12,24H,10-11,13-14H2,1-2H3;1H. The molecule has 0 atom stereocenters. The molecule has 0 spiro atoms. The Labute approximate surface area is 182 Å². The predicted octanol–water partition coefficient (Wildman–Crippen LogP) is 5.31. The third-order valence-corrected chi connectivity index (χ3v) is 5.13. The van der Waals surface area contributed by atoms with Crippen molar-refractivity contribution in [2.24, 2.45) is 0 Å². The van der Waals surface area contributed by atoms with Crippen LogP contribution in [0.4, 0.5) is 0 Å². The van der Waals surface area contributed by atoms with Crippen molar-refractivity contribution in [2.75, 3.05) is 13.7 Å². The molecular formula is C21H24Cl3N3O. The number of nitrogens with zero attached hydrogens (tertiary/aromatic N) is 2. The summed E-state index contributed by atoms with van der Waals surface area (Å²) in [6.07, 6.45) is 0.936. The van der Waals surface area contributed by atoms with E-state index in [1.54, 1.807) is 7.11 Å². The van der Waals surface area contributed by atoms with Crippen LogP contribution in [0.15, 0.2) is 48.5 Å². The number of rotatable bonds is 8. The normalized spacial score (nSPS) is 10.6. The molecule has 2 aromatic carbocycles. The largest absolute Gasteiger partial charge is 0.497 e. The topological polar surface area (TPSA) is 39.1 Å². The van der Waals surface area contributed by atoms with E-state index in [1.807, 2.05) is 48.0 Å². The van der Waals surface area contributed by atoms with Crippen LogP contribution in [0.1, 0.15) is 22.4 Å². The second kappa shape index (κ2) is 10.7. The van der Waals surface area contributed by atoms with Crippen molar-refractivity contribution in [2.45, 2.75) is 26.4 Å². The third-order valence-electron chi connectivity index (χ3n) is 4.46. The number of methoxy groups -OCH3 is 1. The van der Waals surface area contributed by atoms with E-state index in [9.17, 15) is 0 Å². The van der Waals surface area contributed by atoms with E-state index in [1.165, 1.54) is 5.56 Å². The second-order valence-electron chi connectivity index (χ2n) is 6.42. The fourth-order valence-corrected chi connectivity index (χ4v) is 3.36. The first-order valence-electron chi connectivity index (χ1n) is 8.86. The molecule has 1 heterocycles. The van der Waals surface area contributed by atoms with Gasteiger partial charge in [0.1, 0.15) is 10.9 Å². The van der Waals surface area contributed by atoms with Crippen LogP contribution >= 0.6 is 35.6 Å². The lowest BCUT2D eigenvalue weighted by atomic mass is 10.1. The van der Waals surface area contributed by atoms with Crippen LogP contribution in [0, 0.1) is 6.92 Å². The summed E-state index contributed by atoms with van der Waals surface area (Å²) in [5.41, 5.74) is 4.34. The highest BCUT2D eigenvalue weighted by atomic mass is 35.5. The Morgan fingerprint density at radius 2 is 1.82 bits per heavy atom. The lowest BCUT2D eigenvalue weighted by Gasteiger charge is -2.07. The molecular weight excluding hydrogens is 417 g/mol. The average Bonchev–Trinajstić information content (AvgIpc) is 2.94. The first-order chi connectivity index (χ1) is 13.1. The summed E-state index contributed by atoms with van der Waals surface area (Å²) in [4.78, 5) is 0. The Morgan fingerprint density at radius 3 is 2.54 bits per heavy atom. The molecule has 1 aromatic heterocycles. The van der Waals surface area contributed by atoms with Crippen LogP contribution < -0.4 is 10.1 Å². The molecule has 7 heteroatoms. The van der Waals surface area contributed by atoms with Gasteiger partial charge in [0.2, 0.25) is 0 Å². The molecule has 4 nitrogen and oxygen atoms in total. The molecule has 0 saturated heterocycles. The van der Waals surface area contributed by atoms with E-state index in [0.717, 1.165) is 40.6 Å². The Hall–Kier alpha value is -1.72. The van der Waals surface area contributed by atoms with E-state index >= 15 is 0 Å². The van der Waals surface area contributed by atoms with Crippen LogP contribution in [-0.4, -0.2) is 23.4 Å². The summed E-state index contributed by atoms with van der Waals surface area (Å²) in [7, 11) is 1.66. The Bertz CT molecular complexity index is 894. The maximum atomic E-state index is 6.58. The number of hydrogen-bond acceptors (Lipinski definition) is 3. The fraction of sp³-hybridized carbons (Fsp3) is 0.286. The Kier molecular flexibility index (Phi) is 8.64. The van der Waals surface area contributed by atoms with Crippen molar-refractivity contribution in [3.63, 3.8) is 0 Å². The SMILES string of the molecule is COc1cccc(Cn2nc(C)c(CNCCc3ccc(Cl)cc3)c2Cl)c1.Cl. The monoisotopic (exact) mass is 439 g/mol. The summed E-state index contributed by atoms with van der Waals surface area (Å²) >= 11 is 12.5. The lowest BCUT2D eigenvalue weighted by molar-refractivity contribution is 0.414. The molecule has 0 amide bonds. The molecule has 0 saturated carbocycles. The van der Waals surface area contributed by atoms with Gasteiger partial charge in [0, 0.05) is 17.1 Å². The van der Waals surface area contributed by atoms with Crippen molar-refractivity contribution in [1.82, 2.24) is 15.1 Å². The maximum absolute atomic E-state index is 6.58. The number of ether oxygens (including phenoxy) is 1. The van der Waals surface area contributed by atoms with Gasteiger partial charge in [0.15, 0.2) is 0 Å². The van der Waals surface area contributed by atoms with Crippen molar-refractivity contribution < 1.29 is 4.74 Å². The highest BCUT2D eigenvalue weighted by molar-refractivity contribution is 6.30. The van der Waals surface area contributed by atoms with Crippen molar-refractivity contribution in [1.29, 1.82) is 0 Å². The summed E-state index contributed by atoms with van der Waals surface area (Å²) in [6.45, 7) is 4.15. The maximum Gasteiger partial charge on any atom is 0.132 e. The van der Waals surface area contributed by atoms with Gasteiger partial charge in [-0.05, 0) is 55.3 Å².